The molecule has 0 spiro atoms. The SMILES string of the molecule is C[C](C)CCCCN(C)C. The van der Waals surface area contributed by atoms with Gasteiger partial charge in [-0.15, -0.1) is 0 Å². The van der Waals surface area contributed by atoms with Gasteiger partial charge < -0.3 is 4.90 Å². The van der Waals surface area contributed by atoms with E-state index in [0.717, 1.165) is 0 Å². The molecule has 61 valence electrons. The molecule has 0 bridgehead atoms. The molecule has 1 radical (unpaired) electrons. The summed E-state index contributed by atoms with van der Waals surface area (Å²) in [6, 6.07) is 0. The van der Waals surface area contributed by atoms with Crippen molar-refractivity contribution in [3.63, 3.8) is 0 Å². The lowest BCUT2D eigenvalue weighted by atomic mass is 10.1. The van der Waals surface area contributed by atoms with Crippen LogP contribution in [0.5, 0.6) is 0 Å². The van der Waals surface area contributed by atoms with Crippen molar-refractivity contribution < 1.29 is 0 Å². The van der Waals surface area contributed by atoms with Gasteiger partial charge in [0.25, 0.3) is 0 Å². The zero-order valence-corrected chi connectivity index (χ0v) is 7.78. The molecule has 0 saturated carbocycles. The van der Waals surface area contributed by atoms with Crippen molar-refractivity contribution in [3.05, 3.63) is 5.92 Å². The van der Waals surface area contributed by atoms with Gasteiger partial charge in [0.05, 0.1) is 0 Å². The molecule has 0 aliphatic carbocycles. The summed E-state index contributed by atoms with van der Waals surface area (Å²) in [7, 11) is 4.25. The Morgan fingerprint density at radius 2 is 1.70 bits per heavy atom. The largest absolute Gasteiger partial charge is 0.309 e. The van der Waals surface area contributed by atoms with E-state index in [9.17, 15) is 0 Å². The van der Waals surface area contributed by atoms with Gasteiger partial charge in [0.1, 0.15) is 0 Å². The smallest absolute Gasteiger partial charge is 0.00248 e. The Kier molecular flexibility index (Phi) is 5.70. The van der Waals surface area contributed by atoms with E-state index in [1.165, 1.54) is 25.8 Å². The third-order valence-electron chi connectivity index (χ3n) is 1.53. The Bertz CT molecular complexity index is 57.1. The lowest BCUT2D eigenvalue weighted by Gasteiger charge is -2.09. The first-order chi connectivity index (χ1) is 4.63. The summed E-state index contributed by atoms with van der Waals surface area (Å²) in [4.78, 5) is 2.24. The molecule has 0 aromatic carbocycles. The van der Waals surface area contributed by atoms with Crippen LogP contribution in [0, 0.1) is 5.92 Å². The summed E-state index contributed by atoms with van der Waals surface area (Å²) >= 11 is 0. The van der Waals surface area contributed by atoms with E-state index in [-0.39, 0.29) is 0 Å². The summed E-state index contributed by atoms with van der Waals surface area (Å²) in [6.45, 7) is 5.64. The predicted octanol–water partition coefficient (Wildman–Crippen LogP) is 2.33. The first-order valence-electron chi connectivity index (χ1n) is 4.06. The lowest BCUT2D eigenvalue weighted by Crippen LogP contribution is -2.12. The fraction of sp³-hybridized carbons (Fsp3) is 0.889. The van der Waals surface area contributed by atoms with Crippen molar-refractivity contribution in [1.82, 2.24) is 4.90 Å². The monoisotopic (exact) mass is 142 g/mol. The molecule has 0 rings (SSSR count). The Balaban J connectivity index is 2.91. The molecular weight excluding hydrogens is 122 g/mol. The van der Waals surface area contributed by atoms with Crippen LogP contribution in [0.1, 0.15) is 33.1 Å². The number of nitrogens with zero attached hydrogens (tertiary/aromatic N) is 1. The highest BCUT2D eigenvalue weighted by Gasteiger charge is 1.94. The van der Waals surface area contributed by atoms with Gasteiger partial charge in [-0.05, 0) is 39.4 Å². The minimum atomic E-state index is 1.23. The van der Waals surface area contributed by atoms with E-state index in [2.05, 4.69) is 32.8 Å². The molecule has 0 unspecified atom stereocenters. The molecule has 0 amide bonds. The van der Waals surface area contributed by atoms with Crippen LogP contribution in [0.3, 0.4) is 0 Å². The van der Waals surface area contributed by atoms with Crippen molar-refractivity contribution in [1.29, 1.82) is 0 Å². The van der Waals surface area contributed by atoms with Gasteiger partial charge in [-0.1, -0.05) is 20.3 Å². The summed E-state index contributed by atoms with van der Waals surface area (Å²) in [5.41, 5.74) is 0. The summed E-state index contributed by atoms with van der Waals surface area (Å²) in [5, 5.41) is 0. The molecule has 0 saturated heterocycles. The molecule has 10 heavy (non-hydrogen) atoms. The van der Waals surface area contributed by atoms with Crippen molar-refractivity contribution in [2.75, 3.05) is 20.6 Å². The van der Waals surface area contributed by atoms with Gasteiger partial charge in [0, 0.05) is 0 Å². The molecule has 0 fully saturated rings. The maximum atomic E-state index is 2.24. The van der Waals surface area contributed by atoms with Gasteiger partial charge in [-0.3, -0.25) is 0 Å². The number of unbranched alkanes of at least 4 members (excludes halogenated alkanes) is 1. The summed E-state index contributed by atoms with van der Waals surface area (Å²) in [5.74, 6) is 1.55. The van der Waals surface area contributed by atoms with Crippen molar-refractivity contribution in [2.24, 2.45) is 0 Å². The molecule has 0 aliphatic rings. The third-order valence-corrected chi connectivity index (χ3v) is 1.53. The van der Waals surface area contributed by atoms with Crippen LogP contribution in [0.4, 0.5) is 0 Å². The van der Waals surface area contributed by atoms with Crippen LogP contribution in [-0.4, -0.2) is 25.5 Å². The van der Waals surface area contributed by atoms with Gasteiger partial charge >= 0.3 is 0 Å². The van der Waals surface area contributed by atoms with E-state index >= 15 is 0 Å². The highest BCUT2D eigenvalue weighted by atomic mass is 15.0. The van der Waals surface area contributed by atoms with Gasteiger partial charge in [0.2, 0.25) is 0 Å². The Morgan fingerprint density at radius 3 is 2.10 bits per heavy atom. The second-order valence-corrected chi connectivity index (χ2v) is 3.47. The Hall–Kier alpha value is -0.0400. The van der Waals surface area contributed by atoms with E-state index in [0.29, 0.717) is 0 Å². The van der Waals surface area contributed by atoms with Gasteiger partial charge in [0.15, 0.2) is 0 Å². The van der Waals surface area contributed by atoms with Crippen LogP contribution in [0.2, 0.25) is 0 Å². The second kappa shape index (κ2) is 5.72. The van der Waals surface area contributed by atoms with Gasteiger partial charge in [-0.25, -0.2) is 0 Å². The topological polar surface area (TPSA) is 3.24 Å². The van der Waals surface area contributed by atoms with Crippen LogP contribution >= 0.6 is 0 Å². The first kappa shape index (κ1) is 9.96. The average Bonchev–Trinajstić information content (AvgIpc) is 1.79. The molecule has 0 heterocycles. The highest BCUT2D eigenvalue weighted by Crippen LogP contribution is 2.07. The Morgan fingerprint density at radius 1 is 1.10 bits per heavy atom. The van der Waals surface area contributed by atoms with E-state index in [1.54, 1.807) is 5.92 Å². The zero-order valence-electron chi connectivity index (χ0n) is 7.78. The average molecular weight is 142 g/mol. The molecule has 0 aromatic rings. The maximum absolute atomic E-state index is 2.24. The first-order valence-corrected chi connectivity index (χ1v) is 4.06. The highest BCUT2D eigenvalue weighted by molar-refractivity contribution is 4.75. The van der Waals surface area contributed by atoms with Crippen LogP contribution in [0.15, 0.2) is 0 Å². The quantitative estimate of drug-likeness (QED) is 0.532. The molecular formula is C9H20N. The maximum Gasteiger partial charge on any atom is -0.00248 e. The lowest BCUT2D eigenvalue weighted by molar-refractivity contribution is 0.392. The van der Waals surface area contributed by atoms with E-state index < -0.39 is 0 Å². The third kappa shape index (κ3) is 7.96. The predicted molar refractivity (Wildman–Crippen MR) is 47.0 cm³/mol. The molecule has 1 heteroatoms. The van der Waals surface area contributed by atoms with Crippen LogP contribution in [0.25, 0.3) is 0 Å². The number of hydrogen-bond acceptors (Lipinski definition) is 1. The number of hydrogen-bond donors (Lipinski definition) is 0. The molecule has 0 atom stereocenters. The van der Waals surface area contributed by atoms with Crippen LogP contribution in [-0.2, 0) is 0 Å². The van der Waals surface area contributed by atoms with Crippen molar-refractivity contribution in [3.8, 4) is 0 Å². The number of rotatable bonds is 5. The van der Waals surface area contributed by atoms with E-state index in [1.807, 2.05) is 0 Å². The molecule has 0 aliphatic heterocycles. The fourth-order valence-corrected chi connectivity index (χ4v) is 0.907. The minimum absolute atomic E-state index is 1.23. The minimum Gasteiger partial charge on any atom is -0.309 e. The molecule has 1 nitrogen and oxygen atoms in total. The van der Waals surface area contributed by atoms with Crippen molar-refractivity contribution in [2.45, 2.75) is 33.1 Å². The second-order valence-electron chi connectivity index (χ2n) is 3.47. The molecule has 0 aromatic heterocycles. The Labute approximate surface area is 65.4 Å². The normalized spacial score (nSPS) is 11.4. The molecule has 0 N–H and O–H groups in total. The summed E-state index contributed by atoms with van der Waals surface area (Å²) in [6.07, 6.45) is 3.98. The van der Waals surface area contributed by atoms with Gasteiger partial charge in [-0.2, -0.15) is 0 Å². The van der Waals surface area contributed by atoms with Crippen LogP contribution < -0.4 is 0 Å². The summed E-state index contributed by atoms with van der Waals surface area (Å²) < 4.78 is 0. The standard InChI is InChI=1S/C9H20N/c1-9(2)7-5-6-8-10(3)4/h5-8H2,1-4H3. The fourth-order valence-electron chi connectivity index (χ4n) is 0.907. The zero-order chi connectivity index (χ0) is 7.98. The van der Waals surface area contributed by atoms with Crippen molar-refractivity contribution >= 4 is 0 Å². The van der Waals surface area contributed by atoms with E-state index in [4.69, 9.17) is 0 Å².